The Morgan fingerprint density at radius 1 is 0.691 bits per heavy atom. The maximum absolute atomic E-state index is 8.56. The van der Waals surface area contributed by atoms with Crippen molar-refractivity contribution < 1.29 is 31.4 Å². The fraction of sp³-hybridized carbons (Fsp3) is 0.131. The van der Waals surface area contributed by atoms with Gasteiger partial charge in [-0.05, 0) is 59.3 Å². The molecule has 0 N–H and O–H groups in total. The average Bonchev–Trinajstić information content (AvgIpc) is 3.98. The van der Waals surface area contributed by atoms with Crippen LogP contribution in [-0.4, -0.2) is 32.8 Å². The van der Waals surface area contributed by atoms with Gasteiger partial charge >= 0.3 is 128 Å². The second-order valence-electron chi connectivity index (χ2n) is 18.0. The van der Waals surface area contributed by atoms with E-state index in [2.05, 4.69) is 81.4 Å². The van der Waals surface area contributed by atoms with Crippen LogP contribution in [0.15, 0.2) is 193 Å². The van der Waals surface area contributed by atoms with Crippen LogP contribution in [0.5, 0.6) is 0 Å². The zero-order valence-corrected chi connectivity index (χ0v) is 43.0. The number of para-hydroxylation sites is 2. The van der Waals surface area contributed by atoms with Crippen LogP contribution in [0.2, 0.25) is 17.3 Å². The van der Waals surface area contributed by atoms with Crippen LogP contribution in [0.3, 0.4) is 0 Å². The molecule has 11 rings (SSSR count). The monoisotopic (exact) mass is 1130 g/mol. The van der Waals surface area contributed by atoms with Crippen LogP contribution < -0.4 is 4.40 Å². The topological polar surface area (TPSA) is 56.7 Å². The number of furan rings is 1. The molecular formula is C61H52GeIrN4O-2. The van der Waals surface area contributed by atoms with Crippen LogP contribution in [0, 0.1) is 24.9 Å². The van der Waals surface area contributed by atoms with Crippen LogP contribution in [0.1, 0.15) is 31.8 Å². The largest absolute Gasteiger partial charge is 0 e. The first-order valence-electron chi connectivity index (χ1n) is 25.1. The normalized spacial score (nSPS) is 12.9. The summed E-state index contributed by atoms with van der Waals surface area (Å²) in [7, 11) is 0. The van der Waals surface area contributed by atoms with Crippen molar-refractivity contribution in [3.63, 3.8) is 0 Å². The van der Waals surface area contributed by atoms with Crippen molar-refractivity contribution in [1.29, 1.82) is 0 Å². The van der Waals surface area contributed by atoms with Gasteiger partial charge < -0.3 is 8.98 Å². The molecule has 0 atom stereocenters. The molecule has 0 saturated carbocycles. The molecule has 5 nitrogen and oxygen atoms in total. The van der Waals surface area contributed by atoms with E-state index in [9.17, 15) is 0 Å². The Morgan fingerprint density at radius 3 is 2.03 bits per heavy atom. The summed E-state index contributed by atoms with van der Waals surface area (Å²) in [6.07, 6.45) is 2.43. The van der Waals surface area contributed by atoms with Gasteiger partial charge in [-0.3, -0.25) is 9.97 Å². The Morgan fingerprint density at radius 2 is 1.35 bits per heavy atom. The van der Waals surface area contributed by atoms with Crippen LogP contribution in [0.4, 0.5) is 0 Å². The van der Waals surface area contributed by atoms with E-state index in [0.29, 0.717) is 28.1 Å². The van der Waals surface area contributed by atoms with Crippen molar-refractivity contribution in [2.75, 3.05) is 0 Å². The minimum Gasteiger partial charge on any atom is 0 e. The number of hydrogen-bond acceptors (Lipinski definition) is 4. The van der Waals surface area contributed by atoms with Gasteiger partial charge in [0.1, 0.15) is 5.58 Å². The Kier molecular flexibility index (Phi) is 11.8. The van der Waals surface area contributed by atoms with Gasteiger partial charge in [0.25, 0.3) is 0 Å². The van der Waals surface area contributed by atoms with Crippen molar-refractivity contribution in [3.8, 4) is 61.7 Å². The summed E-state index contributed by atoms with van der Waals surface area (Å²) in [5, 5.41) is 0.813. The molecule has 1 radical (unpaired) electrons. The van der Waals surface area contributed by atoms with Crippen molar-refractivity contribution in [1.82, 2.24) is 19.5 Å². The number of hydrogen-bond donors (Lipinski definition) is 0. The van der Waals surface area contributed by atoms with E-state index < -0.39 is 26.5 Å². The third-order valence-corrected chi connectivity index (χ3v) is 16.1. The molecule has 0 amide bonds. The number of rotatable bonds is 9. The third-order valence-electron chi connectivity index (χ3n) is 11.8. The number of aromatic nitrogens is 4. The summed E-state index contributed by atoms with van der Waals surface area (Å²) in [6, 6.07) is 64.3. The third kappa shape index (κ3) is 9.55. The number of imidazole rings is 1. The van der Waals surface area contributed by atoms with E-state index >= 15 is 0 Å². The van der Waals surface area contributed by atoms with Gasteiger partial charge in [0.2, 0.25) is 0 Å². The quantitative estimate of drug-likeness (QED) is 0.107. The van der Waals surface area contributed by atoms with Gasteiger partial charge in [0.05, 0.1) is 28.0 Å². The molecule has 7 aromatic carbocycles. The van der Waals surface area contributed by atoms with Gasteiger partial charge in [-0.15, -0.1) is 12.1 Å². The van der Waals surface area contributed by atoms with Crippen LogP contribution in [0.25, 0.3) is 94.8 Å². The number of nitrogens with zero attached hydrogens (tertiary/aromatic N) is 4. The van der Waals surface area contributed by atoms with Crippen molar-refractivity contribution >= 4 is 50.8 Å². The molecular weight excluding hydrogens is 1070 g/mol. The first-order valence-corrected chi connectivity index (χ1v) is 30.0. The van der Waals surface area contributed by atoms with Crippen molar-refractivity contribution in [2.24, 2.45) is 5.92 Å². The summed E-state index contributed by atoms with van der Waals surface area (Å²) in [5.74, 6) is 7.46. The first kappa shape index (κ1) is 40.4. The van der Waals surface area contributed by atoms with E-state index in [-0.39, 0.29) is 31.6 Å². The summed E-state index contributed by atoms with van der Waals surface area (Å²) in [6.45, 7) is 1.68. The second-order valence-corrected chi connectivity index (χ2v) is 28.6. The SMILES string of the molecule is [2H]C([2H])([2H])c1ccc(-c2c[c-]c(-c3nc4ccccc4n3-c3ccc(-c4ccccc4)cc3)c3oc4cc(-c5ccccc5)cnc4c23)cc1.[2H]C([2H])(c1cc(-c2[c-]cccc2)nc[c]1[Ge]([CH3])([CH3])[CH3])C(C)C.[Ir]. The predicted octanol–water partition coefficient (Wildman–Crippen LogP) is 15.4. The standard InChI is InChI=1S/C43H28N3O.C18H24GeN.Ir/c1-28-16-18-32(19-17-28)35-24-25-36(42-40(35)41-39(47-42)26-33(27-44-41)30-12-6-3-7-13-30)43-45-37-14-8-9-15-38(37)46(43)34-22-20-31(21-23-34)29-10-4-2-5-11-29;1-14(2)11-16-12-18(15-9-7-6-8-10-15)20-13-17(16)19(3,4)5;/h2-24,26-27H,1H3;6-9,12-14H,11H2,1-5H3;/q2*-1;/i1D3;11D2;. The molecule has 0 spiro atoms. The van der Waals surface area contributed by atoms with Gasteiger partial charge in [0, 0.05) is 41.7 Å². The van der Waals surface area contributed by atoms with Crippen LogP contribution in [-0.2, 0) is 26.5 Å². The molecule has 0 aliphatic heterocycles. The maximum Gasteiger partial charge on any atom is 0 e. The smallest absolute Gasteiger partial charge is 0 e. The summed E-state index contributed by atoms with van der Waals surface area (Å²) < 4.78 is 50.8. The Bertz CT molecular complexity index is 3700. The van der Waals surface area contributed by atoms with E-state index in [1.165, 1.54) is 0 Å². The average molecular weight is 1130 g/mol. The molecule has 4 heterocycles. The second kappa shape index (κ2) is 19.9. The molecule has 11 aromatic rings. The van der Waals surface area contributed by atoms with Crippen molar-refractivity contribution in [3.05, 3.63) is 212 Å². The fourth-order valence-corrected chi connectivity index (χ4v) is 11.5. The molecule has 0 unspecified atom stereocenters. The zero-order chi connectivity index (χ0) is 50.4. The predicted molar refractivity (Wildman–Crippen MR) is 281 cm³/mol. The van der Waals surface area contributed by atoms with Gasteiger partial charge in [0.15, 0.2) is 0 Å². The fourth-order valence-electron chi connectivity index (χ4n) is 8.59. The molecule has 0 fully saturated rings. The Hall–Kier alpha value is -6.70. The van der Waals surface area contributed by atoms with E-state index in [0.717, 1.165) is 76.7 Å². The van der Waals surface area contributed by atoms with Gasteiger partial charge in [-0.1, -0.05) is 131 Å². The minimum atomic E-state index is -2.20. The number of pyridine rings is 2. The van der Waals surface area contributed by atoms with E-state index in [4.69, 9.17) is 21.2 Å². The Balaban J connectivity index is 0.000000241. The van der Waals surface area contributed by atoms with E-state index in [1.807, 2.05) is 148 Å². The molecule has 4 aromatic heterocycles. The maximum atomic E-state index is 8.56. The molecule has 337 valence electrons. The molecule has 0 saturated heterocycles. The number of fused-ring (bicyclic) bond motifs is 4. The summed E-state index contributed by atoms with van der Waals surface area (Å²) >= 11 is -2.20. The number of benzene rings is 7. The van der Waals surface area contributed by atoms with Crippen molar-refractivity contribution in [2.45, 2.75) is 44.3 Å². The minimum absolute atomic E-state index is 0. The molecule has 7 heteroatoms. The molecule has 0 bridgehead atoms. The molecule has 0 aliphatic carbocycles. The summed E-state index contributed by atoms with van der Waals surface area (Å²) in [5.41, 5.74) is 14.2. The Labute approximate surface area is 422 Å². The molecule has 68 heavy (non-hydrogen) atoms. The summed E-state index contributed by atoms with van der Waals surface area (Å²) in [4.78, 5) is 14.7. The molecule has 0 aliphatic rings. The number of aryl methyl sites for hydroxylation is 1. The zero-order valence-electron chi connectivity index (χ0n) is 43.5. The van der Waals surface area contributed by atoms with Crippen LogP contribution >= 0.6 is 0 Å². The van der Waals surface area contributed by atoms with Gasteiger partial charge in [-0.2, -0.15) is 0 Å². The van der Waals surface area contributed by atoms with E-state index in [1.54, 1.807) is 12.1 Å². The first-order chi connectivity index (χ1) is 34.6. The van der Waals surface area contributed by atoms with Gasteiger partial charge in [-0.25, -0.2) is 0 Å².